The number of para-hydroxylation sites is 4. The topological polar surface area (TPSA) is 76.6 Å². The average Bonchev–Trinajstić information content (AvgIpc) is 1.04. The van der Waals surface area contributed by atoms with Crippen LogP contribution in [0.15, 0.2) is 297 Å². The number of fused-ring (bicyclic) bond motifs is 30. The van der Waals surface area contributed by atoms with E-state index in [9.17, 15) is 4.79 Å². The normalized spacial score (nSPS) is 12.0. The Morgan fingerprint density at radius 3 is 1.45 bits per heavy atom. The zero-order chi connectivity index (χ0) is 66.4. The van der Waals surface area contributed by atoms with Gasteiger partial charge in [-0.15, -0.1) is 0 Å². The zero-order valence-electron chi connectivity index (χ0n) is 54.3. The molecule has 5 heterocycles. The molecule has 0 saturated carbocycles. The van der Waals surface area contributed by atoms with Gasteiger partial charge in [-0.05, 0) is 197 Å². The first-order valence-electron chi connectivity index (χ1n) is 33.8. The van der Waals surface area contributed by atoms with E-state index in [1.807, 2.05) is 12.1 Å². The SMILES string of the molecule is C.C.CCC(=O)Oc1cc(Cl)ccc1N(c1ccc2c(c1)nc1c3ccccc3c3ccccc3n21)c1ccc2c3ccccc3c3ccccc3c2c1.Cc1ccc2c(c1)Oc1cc3c4ccccc4c4ccccc4c3cc1N2c1ccc2c(c1)c1ccccc1n1c3ccccc3nc21. The van der Waals surface area contributed by atoms with Crippen LogP contribution in [0.25, 0.3) is 141 Å². The molecule has 10 heteroatoms. The van der Waals surface area contributed by atoms with Crippen LogP contribution in [0.4, 0.5) is 34.1 Å². The second-order valence-corrected chi connectivity index (χ2v) is 26.4. The molecule has 488 valence electrons. The van der Waals surface area contributed by atoms with E-state index in [2.05, 4.69) is 305 Å². The maximum absolute atomic E-state index is 12.8. The van der Waals surface area contributed by atoms with Crippen molar-refractivity contribution in [3.05, 3.63) is 308 Å². The average molecular weight is 1340 g/mol. The third kappa shape index (κ3) is 9.42. The number of aryl methyl sites for hydroxylation is 1. The third-order valence-corrected chi connectivity index (χ3v) is 20.5. The number of halogens is 1. The van der Waals surface area contributed by atoms with E-state index in [1.165, 1.54) is 80.8 Å². The molecule has 1 aliphatic rings. The van der Waals surface area contributed by atoms with E-state index in [4.69, 9.17) is 31.0 Å². The van der Waals surface area contributed by atoms with Crippen molar-refractivity contribution in [1.82, 2.24) is 18.8 Å². The molecule has 0 fully saturated rings. The summed E-state index contributed by atoms with van der Waals surface area (Å²) in [5, 5.41) is 21.9. The van der Waals surface area contributed by atoms with Crippen LogP contribution >= 0.6 is 11.6 Å². The van der Waals surface area contributed by atoms with E-state index in [-0.39, 0.29) is 27.2 Å². The highest BCUT2D eigenvalue weighted by atomic mass is 35.5. The number of rotatable bonds is 6. The molecule has 4 aromatic heterocycles. The molecule has 0 amide bonds. The number of aromatic nitrogens is 4. The molecular formula is C92H65ClN6O3. The standard InChI is InChI=1S/C46H30ClN3O2.C44H27N3O.2CH4/c1-2-45(51)52-44-25-28(47)19-23-43(44)49(29-20-22-36-33-13-4-3-11-31(33)32-12-5-6-14-34(32)39(36)26-29)30-21-24-42-40(27-30)48-46-38-17-8-7-15-35(38)37-16-9-10-18-41(37)50(42)46;1-26-18-21-40-42(22-26)48-43-25-36-31-13-5-3-11-29(31)28-10-2-4-12-30(28)35(36)24-41(43)46(40)27-19-20-33-34(23-27)32-14-6-8-16-38(32)47-39-17-9-7-15-37(39)45-44(33)47;;/h3-27H,2H2,1H3;2-25H,1H3;2*1H4. The summed E-state index contributed by atoms with van der Waals surface area (Å²) in [6, 6.07) is 105. The molecule has 0 aliphatic carbocycles. The Kier molecular flexibility index (Phi) is 14.5. The van der Waals surface area contributed by atoms with Gasteiger partial charge in [-0.25, -0.2) is 9.97 Å². The van der Waals surface area contributed by atoms with Gasteiger partial charge in [-0.1, -0.05) is 215 Å². The molecule has 1 aliphatic heterocycles. The van der Waals surface area contributed by atoms with Crippen LogP contribution in [0.3, 0.4) is 0 Å². The van der Waals surface area contributed by atoms with Crippen LogP contribution in [0.2, 0.25) is 5.02 Å². The van der Waals surface area contributed by atoms with Gasteiger partial charge >= 0.3 is 5.97 Å². The number of hydrogen-bond donors (Lipinski definition) is 0. The van der Waals surface area contributed by atoms with Gasteiger partial charge in [0.15, 0.2) is 17.2 Å². The molecule has 0 unspecified atom stereocenters. The summed E-state index contributed by atoms with van der Waals surface area (Å²) in [5.74, 6) is 1.75. The quantitative estimate of drug-likeness (QED) is 0.0932. The predicted molar refractivity (Wildman–Crippen MR) is 429 cm³/mol. The Bertz CT molecular complexity index is 6900. The van der Waals surface area contributed by atoms with Crippen LogP contribution in [-0.2, 0) is 4.79 Å². The smallest absolute Gasteiger partial charge is 0.310 e. The molecule has 0 radical (unpaired) electrons. The molecular weight excluding hydrogens is 1270 g/mol. The highest BCUT2D eigenvalue weighted by Gasteiger charge is 2.30. The first kappa shape index (κ1) is 61.5. The number of anilines is 6. The van der Waals surface area contributed by atoms with Gasteiger partial charge in [0.2, 0.25) is 0 Å². The van der Waals surface area contributed by atoms with Crippen molar-refractivity contribution in [3.63, 3.8) is 0 Å². The lowest BCUT2D eigenvalue weighted by Gasteiger charge is -2.34. The van der Waals surface area contributed by atoms with Gasteiger partial charge < -0.3 is 19.3 Å². The minimum Gasteiger partial charge on any atom is -0.453 e. The Balaban J connectivity index is 0.000000144. The monoisotopic (exact) mass is 1340 g/mol. The van der Waals surface area contributed by atoms with Crippen molar-refractivity contribution in [2.75, 3.05) is 9.80 Å². The number of carbonyl (C=O) groups is 1. The van der Waals surface area contributed by atoms with E-state index in [1.54, 1.807) is 13.0 Å². The second kappa shape index (κ2) is 24.0. The fourth-order valence-electron chi connectivity index (χ4n) is 15.9. The number of pyridine rings is 2. The van der Waals surface area contributed by atoms with Crippen LogP contribution in [0, 0.1) is 6.92 Å². The number of carbonyl (C=O) groups excluding carboxylic acids is 1. The maximum atomic E-state index is 12.8. The van der Waals surface area contributed by atoms with Crippen molar-refractivity contribution in [2.24, 2.45) is 0 Å². The van der Waals surface area contributed by atoms with Gasteiger partial charge in [-0.2, -0.15) is 0 Å². The molecule has 0 saturated heterocycles. The predicted octanol–water partition coefficient (Wildman–Crippen LogP) is 26.1. The Labute approximate surface area is 592 Å². The number of esters is 1. The maximum Gasteiger partial charge on any atom is 0.310 e. The van der Waals surface area contributed by atoms with Gasteiger partial charge in [0.25, 0.3) is 0 Å². The molecule has 0 bridgehead atoms. The summed E-state index contributed by atoms with van der Waals surface area (Å²) < 4.78 is 17.3. The number of ether oxygens (including phenoxy) is 2. The number of hydrogen-bond acceptors (Lipinski definition) is 7. The lowest BCUT2D eigenvalue weighted by Crippen LogP contribution is -2.16. The fourth-order valence-corrected chi connectivity index (χ4v) is 16.0. The van der Waals surface area contributed by atoms with Crippen molar-refractivity contribution >= 4 is 193 Å². The summed E-state index contributed by atoms with van der Waals surface area (Å²) >= 11 is 6.54. The van der Waals surface area contributed by atoms with Crippen molar-refractivity contribution in [2.45, 2.75) is 35.1 Å². The minimum absolute atomic E-state index is 0. The van der Waals surface area contributed by atoms with E-state index in [0.29, 0.717) is 16.5 Å². The summed E-state index contributed by atoms with van der Waals surface area (Å²) in [4.78, 5) is 27.7. The van der Waals surface area contributed by atoms with Crippen molar-refractivity contribution in [3.8, 4) is 17.2 Å². The molecule has 0 N–H and O–H groups in total. The third-order valence-electron chi connectivity index (χ3n) is 20.3. The molecule has 0 atom stereocenters. The van der Waals surface area contributed by atoms with Crippen LogP contribution in [-0.4, -0.2) is 24.7 Å². The lowest BCUT2D eigenvalue weighted by molar-refractivity contribution is -0.133. The number of nitrogens with zero attached hydrogens (tertiary/aromatic N) is 6. The molecule has 9 nitrogen and oxygen atoms in total. The molecule has 0 spiro atoms. The number of benzene rings is 16. The van der Waals surface area contributed by atoms with Gasteiger partial charge in [0, 0.05) is 56.1 Å². The molecule has 102 heavy (non-hydrogen) atoms. The molecule has 16 aromatic carbocycles. The first-order valence-corrected chi connectivity index (χ1v) is 34.2. The second-order valence-electron chi connectivity index (χ2n) is 26.0. The van der Waals surface area contributed by atoms with Gasteiger partial charge in [-0.3, -0.25) is 13.6 Å². The van der Waals surface area contributed by atoms with Crippen molar-refractivity contribution < 1.29 is 14.3 Å². The summed E-state index contributed by atoms with van der Waals surface area (Å²) in [5.41, 5.74) is 14.8. The number of imidazole rings is 2. The fraction of sp³-hybridized carbons (Fsp3) is 0.0543. The van der Waals surface area contributed by atoms with Gasteiger partial charge in [0.1, 0.15) is 11.3 Å². The first-order chi connectivity index (χ1) is 49.3. The highest BCUT2D eigenvalue weighted by Crippen LogP contribution is 2.54. The van der Waals surface area contributed by atoms with Crippen LogP contribution in [0.1, 0.15) is 33.8 Å². The summed E-state index contributed by atoms with van der Waals surface area (Å²) in [7, 11) is 0. The largest absolute Gasteiger partial charge is 0.453 e. The van der Waals surface area contributed by atoms with E-state index in [0.717, 1.165) is 106 Å². The van der Waals surface area contributed by atoms with Crippen LogP contribution in [0.5, 0.6) is 17.2 Å². The van der Waals surface area contributed by atoms with Crippen molar-refractivity contribution in [1.29, 1.82) is 0 Å². The molecule has 21 rings (SSSR count). The zero-order valence-corrected chi connectivity index (χ0v) is 55.0. The Morgan fingerprint density at radius 2 is 0.833 bits per heavy atom. The Hall–Kier alpha value is -12.8. The van der Waals surface area contributed by atoms with Crippen LogP contribution < -0.4 is 19.3 Å². The van der Waals surface area contributed by atoms with E-state index < -0.39 is 0 Å². The Morgan fingerprint density at radius 1 is 0.392 bits per heavy atom. The van der Waals surface area contributed by atoms with E-state index >= 15 is 0 Å². The molecule has 20 aromatic rings. The summed E-state index contributed by atoms with van der Waals surface area (Å²) in [6.07, 6.45) is 0.232. The minimum atomic E-state index is -0.339. The lowest BCUT2D eigenvalue weighted by atomic mass is 9.93. The summed E-state index contributed by atoms with van der Waals surface area (Å²) in [6.45, 7) is 3.90. The highest BCUT2D eigenvalue weighted by molar-refractivity contribution is 6.31. The van der Waals surface area contributed by atoms with Gasteiger partial charge in [0.05, 0.1) is 50.2 Å².